The number of benzene rings is 1. The Balaban J connectivity index is 0.00000361. The average Bonchev–Trinajstić information content (AvgIpc) is 2.45. The lowest BCUT2D eigenvalue weighted by molar-refractivity contribution is -0.123. The van der Waals surface area contributed by atoms with Crippen LogP contribution >= 0.6 is 12.4 Å². The second kappa shape index (κ2) is 11.6. The van der Waals surface area contributed by atoms with Gasteiger partial charge in [-0.2, -0.15) is 0 Å². The van der Waals surface area contributed by atoms with Crippen LogP contribution < -0.4 is 15.4 Å². The highest BCUT2D eigenvalue weighted by Crippen LogP contribution is 2.17. The summed E-state index contributed by atoms with van der Waals surface area (Å²) in [5.74, 6) is 0.716. The van der Waals surface area contributed by atoms with Crippen LogP contribution in [-0.4, -0.2) is 32.1 Å². The Morgan fingerprint density at radius 1 is 1.15 bits per heavy atom. The SMILES string of the molecule is CCCNCCNC(=O)COc1ccccc1CC.Cl. The minimum absolute atomic E-state index is 0. The molecular weight excluding hydrogens is 276 g/mol. The van der Waals surface area contributed by atoms with E-state index in [0.717, 1.165) is 37.2 Å². The summed E-state index contributed by atoms with van der Waals surface area (Å²) in [6.07, 6.45) is 2.00. The van der Waals surface area contributed by atoms with Crippen molar-refractivity contribution in [3.8, 4) is 5.75 Å². The van der Waals surface area contributed by atoms with Gasteiger partial charge in [-0.1, -0.05) is 32.0 Å². The van der Waals surface area contributed by atoms with E-state index in [1.54, 1.807) is 0 Å². The number of carbonyl (C=O) groups excluding carboxylic acids is 1. The molecule has 0 aliphatic heterocycles. The predicted octanol–water partition coefficient (Wildman–Crippen LogP) is 2.17. The van der Waals surface area contributed by atoms with Gasteiger partial charge in [0.2, 0.25) is 0 Å². The quantitative estimate of drug-likeness (QED) is 0.687. The third-order valence-electron chi connectivity index (χ3n) is 2.76. The Labute approximate surface area is 127 Å². The van der Waals surface area contributed by atoms with Crippen LogP contribution in [0.25, 0.3) is 0 Å². The molecule has 0 spiro atoms. The zero-order chi connectivity index (χ0) is 13.9. The topological polar surface area (TPSA) is 50.4 Å². The van der Waals surface area contributed by atoms with Crippen LogP contribution in [0.5, 0.6) is 5.75 Å². The van der Waals surface area contributed by atoms with Crippen molar-refractivity contribution in [1.29, 1.82) is 0 Å². The number of halogens is 1. The molecule has 1 amide bonds. The number of rotatable bonds is 9. The molecule has 4 nitrogen and oxygen atoms in total. The van der Waals surface area contributed by atoms with Gasteiger partial charge in [-0.15, -0.1) is 12.4 Å². The van der Waals surface area contributed by atoms with Crippen LogP contribution in [0.3, 0.4) is 0 Å². The summed E-state index contributed by atoms with van der Waals surface area (Å²) in [6.45, 7) is 6.68. The van der Waals surface area contributed by atoms with E-state index >= 15 is 0 Å². The molecule has 5 heteroatoms. The molecule has 1 aromatic rings. The molecule has 0 atom stereocenters. The van der Waals surface area contributed by atoms with Crippen LogP contribution in [0.4, 0.5) is 0 Å². The summed E-state index contributed by atoms with van der Waals surface area (Å²) < 4.78 is 5.54. The Bertz CT molecular complexity index is 386. The largest absolute Gasteiger partial charge is 0.483 e. The van der Waals surface area contributed by atoms with Crippen molar-refractivity contribution in [2.24, 2.45) is 0 Å². The normalized spacial score (nSPS) is 9.70. The first kappa shape index (κ1) is 18.7. The molecular formula is C15H25ClN2O2. The monoisotopic (exact) mass is 300 g/mol. The Kier molecular flexibility index (Phi) is 10.8. The lowest BCUT2D eigenvalue weighted by atomic mass is 10.1. The molecule has 0 unspecified atom stereocenters. The molecule has 0 fully saturated rings. The fourth-order valence-corrected chi connectivity index (χ4v) is 1.72. The number of hydrogen-bond acceptors (Lipinski definition) is 3. The average molecular weight is 301 g/mol. The molecule has 0 aliphatic carbocycles. The van der Waals surface area contributed by atoms with Crippen LogP contribution in [0.15, 0.2) is 24.3 Å². The van der Waals surface area contributed by atoms with E-state index in [0.29, 0.717) is 6.54 Å². The molecule has 1 rings (SSSR count). The third-order valence-corrected chi connectivity index (χ3v) is 2.76. The fourth-order valence-electron chi connectivity index (χ4n) is 1.72. The first-order valence-corrected chi connectivity index (χ1v) is 6.96. The summed E-state index contributed by atoms with van der Waals surface area (Å²) in [5.41, 5.74) is 1.12. The number of amides is 1. The molecule has 0 radical (unpaired) electrons. The number of ether oxygens (including phenoxy) is 1. The van der Waals surface area contributed by atoms with Gasteiger partial charge >= 0.3 is 0 Å². The molecule has 2 N–H and O–H groups in total. The van der Waals surface area contributed by atoms with E-state index in [2.05, 4.69) is 24.5 Å². The van der Waals surface area contributed by atoms with Gasteiger partial charge in [0.1, 0.15) is 5.75 Å². The first-order chi connectivity index (χ1) is 9.27. The highest BCUT2D eigenvalue weighted by atomic mass is 35.5. The van der Waals surface area contributed by atoms with Crippen molar-refractivity contribution in [1.82, 2.24) is 10.6 Å². The van der Waals surface area contributed by atoms with E-state index < -0.39 is 0 Å². The zero-order valence-electron chi connectivity index (χ0n) is 12.3. The minimum atomic E-state index is -0.0794. The molecule has 0 saturated heterocycles. The Morgan fingerprint density at radius 2 is 1.90 bits per heavy atom. The standard InChI is InChI=1S/C15H24N2O2.ClH/c1-3-9-16-10-11-17-15(18)12-19-14-8-6-5-7-13(14)4-2;/h5-8,16H,3-4,9-12H2,1-2H3,(H,17,18);1H. The lowest BCUT2D eigenvalue weighted by Gasteiger charge is -2.10. The second-order valence-electron chi connectivity index (χ2n) is 4.35. The van der Waals surface area contributed by atoms with E-state index in [1.165, 1.54) is 0 Å². The maximum absolute atomic E-state index is 11.6. The van der Waals surface area contributed by atoms with Crippen LogP contribution in [0, 0.1) is 0 Å². The predicted molar refractivity (Wildman–Crippen MR) is 84.7 cm³/mol. The van der Waals surface area contributed by atoms with Gasteiger partial charge < -0.3 is 15.4 Å². The summed E-state index contributed by atoms with van der Waals surface area (Å²) in [5, 5.41) is 6.05. The number of aryl methyl sites for hydroxylation is 1. The molecule has 1 aromatic carbocycles. The third kappa shape index (κ3) is 7.36. The molecule has 0 bridgehead atoms. The van der Waals surface area contributed by atoms with Crippen molar-refractivity contribution >= 4 is 18.3 Å². The number of hydrogen-bond donors (Lipinski definition) is 2. The number of carbonyl (C=O) groups is 1. The number of para-hydroxylation sites is 1. The fraction of sp³-hybridized carbons (Fsp3) is 0.533. The maximum atomic E-state index is 11.6. The van der Waals surface area contributed by atoms with Gasteiger partial charge in [-0.05, 0) is 31.0 Å². The van der Waals surface area contributed by atoms with E-state index in [4.69, 9.17) is 4.74 Å². The van der Waals surface area contributed by atoms with Gasteiger partial charge in [0.15, 0.2) is 6.61 Å². The van der Waals surface area contributed by atoms with E-state index in [9.17, 15) is 4.79 Å². The van der Waals surface area contributed by atoms with Crippen molar-refractivity contribution in [2.75, 3.05) is 26.2 Å². The molecule has 0 saturated carbocycles. The van der Waals surface area contributed by atoms with Gasteiger partial charge in [-0.3, -0.25) is 4.79 Å². The Hall–Kier alpha value is -1.26. The van der Waals surface area contributed by atoms with Gasteiger partial charge in [0.25, 0.3) is 5.91 Å². The van der Waals surface area contributed by atoms with Crippen molar-refractivity contribution in [3.63, 3.8) is 0 Å². The van der Waals surface area contributed by atoms with Crippen molar-refractivity contribution in [2.45, 2.75) is 26.7 Å². The lowest BCUT2D eigenvalue weighted by Crippen LogP contribution is -2.35. The van der Waals surface area contributed by atoms with E-state index in [1.807, 2.05) is 24.3 Å². The molecule has 114 valence electrons. The van der Waals surface area contributed by atoms with Crippen molar-refractivity contribution in [3.05, 3.63) is 29.8 Å². The molecule has 0 aromatic heterocycles. The van der Waals surface area contributed by atoms with Gasteiger partial charge in [0.05, 0.1) is 0 Å². The van der Waals surface area contributed by atoms with Crippen LogP contribution in [-0.2, 0) is 11.2 Å². The van der Waals surface area contributed by atoms with E-state index in [-0.39, 0.29) is 24.9 Å². The van der Waals surface area contributed by atoms with Gasteiger partial charge in [0, 0.05) is 13.1 Å². The highest BCUT2D eigenvalue weighted by molar-refractivity contribution is 5.85. The molecule has 0 heterocycles. The van der Waals surface area contributed by atoms with Crippen molar-refractivity contribution < 1.29 is 9.53 Å². The zero-order valence-corrected chi connectivity index (χ0v) is 13.1. The second-order valence-corrected chi connectivity index (χ2v) is 4.35. The minimum Gasteiger partial charge on any atom is -0.483 e. The number of nitrogens with one attached hydrogen (secondary N) is 2. The summed E-state index contributed by atoms with van der Waals surface area (Å²) in [6, 6.07) is 7.81. The smallest absolute Gasteiger partial charge is 0.257 e. The summed E-state index contributed by atoms with van der Waals surface area (Å²) in [4.78, 5) is 11.6. The first-order valence-electron chi connectivity index (χ1n) is 6.96. The highest BCUT2D eigenvalue weighted by Gasteiger charge is 2.04. The maximum Gasteiger partial charge on any atom is 0.257 e. The van der Waals surface area contributed by atoms with Crippen LogP contribution in [0.1, 0.15) is 25.8 Å². The van der Waals surface area contributed by atoms with Crippen LogP contribution in [0.2, 0.25) is 0 Å². The summed E-state index contributed by atoms with van der Waals surface area (Å²) in [7, 11) is 0. The Morgan fingerprint density at radius 3 is 2.60 bits per heavy atom. The molecule has 20 heavy (non-hydrogen) atoms. The van der Waals surface area contributed by atoms with Gasteiger partial charge in [-0.25, -0.2) is 0 Å². The summed E-state index contributed by atoms with van der Waals surface area (Å²) >= 11 is 0. The molecule has 0 aliphatic rings.